The van der Waals surface area contributed by atoms with Crippen LogP contribution >= 0.6 is 23.2 Å². The van der Waals surface area contributed by atoms with Crippen molar-refractivity contribution in [2.45, 2.75) is 12.6 Å². The fourth-order valence-electron chi connectivity index (χ4n) is 3.94. The van der Waals surface area contributed by atoms with Crippen LogP contribution in [0.3, 0.4) is 0 Å². The molecule has 0 fully saturated rings. The minimum atomic E-state index is -0.424. The summed E-state index contributed by atoms with van der Waals surface area (Å²) in [6, 6.07) is 15.4. The molecule has 31 heavy (non-hydrogen) atoms. The third-order valence-corrected chi connectivity index (χ3v) is 5.83. The van der Waals surface area contributed by atoms with E-state index in [1.807, 2.05) is 24.3 Å². The number of halogens is 2. The first-order valence-corrected chi connectivity index (χ1v) is 10.3. The standard InChI is InChI=1S/C23H16Cl2N4O2/c24-15-5-3-14(4-6-15)22-19-20(17-10-16(25)7-8-18(17)30)27-28-21(19)23(31)29(22)12-13-2-1-9-26-11-13/h1-11,22,30H,12H2,(H,27,28). The lowest BCUT2D eigenvalue weighted by Gasteiger charge is -2.26. The molecule has 0 saturated heterocycles. The van der Waals surface area contributed by atoms with E-state index in [4.69, 9.17) is 23.2 Å². The summed E-state index contributed by atoms with van der Waals surface area (Å²) < 4.78 is 0. The average Bonchev–Trinajstić information content (AvgIpc) is 3.31. The first kappa shape index (κ1) is 19.6. The number of fused-ring (bicyclic) bond motifs is 1. The molecular weight excluding hydrogens is 435 g/mol. The van der Waals surface area contributed by atoms with Crippen LogP contribution in [-0.2, 0) is 6.54 Å². The maximum absolute atomic E-state index is 13.4. The van der Waals surface area contributed by atoms with Gasteiger partial charge in [-0.2, -0.15) is 5.10 Å². The summed E-state index contributed by atoms with van der Waals surface area (Å²) in [6.07, 6.45) is 3.43. The Balaban J connectivity index is 1.68. The Morgan fingerprint density at radius 1 is 1.06 bits per heavy atom. The zero-order valence-corrected chi connectivity index (χ0v) is 17.6. The average molecular weight is 451 g/mol. The highest BCUT2D eigenvalue weighted by Crippen LogP contribution is 2.45. The molecule has 2 aromatic heterocycles. The van der Waals surface area contributed by atoms with E-state index in [0.29, 0.717) is 39.1 Å². The smallest absolute Gasteiger partial charge is 0.273 e. The van der Waals surface area contributed by atoms with Crippen molar-refractivity contribution in [3.8, 4) is 17.0 Å². The van der Waals surface area contributed by atoms with Gasteiger partial charge in [0.05, 0.1) is 6.04 Å². The van der Waals surface area contributed by atoms with Gasteiger partial charge in [-0.3, -0.25) is 14.9 Å². The summed E-state index contributed by atoms with van der Waals surface area (Å²) in [5.74, 6) is -0.147. The highest BCUT2D eigenvalue weighted by atomic mass is 35.5. The molecule has 1 atom stereocenters. The largest absolute Gasteiger partial charge is 0.507 e. The Kier molecular flexibility index (Phi) is 4.88. The molecule has 1 unspecified atom stereocenters. The number of hydrogen-bond donors (Lipinski definition) is 2. The van der Waals surface area contributed by atoms with E-state index in [-0.39, 0.29) is 11.7 Å². The van der Waals surface area contributed by atoms with Crippen LogP contribution < -0.4 is 0 Å². The molecule has 1 amide bonds. The molecule has 0 saturated carbocycles. The SMILES string of the molecule is O=C1c2[nH]nc(-c3cc(Cl)ccc3O)c2C(c2ccc(Cl)cc2)N1Cc1cccnc1. The number of H-pyrrole nitrogens is 1. The molecule has 0 bridgehead atoms. The van der Waals surface area contributed by atoms with Crippen molar-refractivity contribution in [2.75, 3.05) is 0 Å². The van der Waals surface area contributed by atoms with Gasteiger partial charge >= 0.3 is 0 Å². The second-order valence-electron chi connectivity index (χ2n) is 7.27. The number of nitrogens with one attached hydrogen (secondary N) is 1. The van der Waals surface area contributed by atoms with Crippen LogP contribution in [0.25, 0.3) is 11.3 Å². The molecule has 0 aliphatic carbocycles. The first-order valence-electron chi connectivity index (χ1n) is 9.55. The van der Waals surface area contributed by atoms with Crippen LogP contribution in [0.1, 0.15) is 33.2 Å². The van der Waals surface area contributed by atoms with Gasteiger partial charge in [-0.15, -0.1) is 0 Å². The van der Waals surface area contributed by atoms with E-state index >= 15 is 0 Å². The van der Waals surface area contributed by atoms with E-state index in [1.54, 1.807) is 41.6 Å². The van der Waals surface area contributed by atoms with Crippen molar-refractivity contribution in [3.63, 3.8) is 0 Å². The molecule has 4 aromatic rings. The minimum absolute atomic E-state index is 0.0340. The zero-order chi connectivity index (χ0) is 21.5. The first-order chi connectivity index (χ1) is 15.0. The number of aromatic hydroxyl groups is 1. The minimum Gasteiger partial charge on any atom is -0.507 e. The van der Waals surface area contributed by atoms with Gasteiger partial charge in [0.25, 0.3) is 5.91 Å². The number of aromatic nitrogens is 3. The summed E-state index contributed by atoms with van der Waals surface area (Å²) in [5, 5.41) is 18.8. The Bertz CT molecular complexity index is 1270. The van der Waals surface area contributed by atoms with E-state index < -0.39 is 6.04 Å². The highest BCUT2D eigenvalue weighted by molar-refractivity contribution is 6.31. The number of rotatable bonds is 4. The lowest BCUT2D eigenvalue weighted by Crippen LogP contribution is -2.29. The molecule has 0 radical (unpaired) electrons. The van der Waals surface area contributed by atoms with Crippen molar-refractivity contribution < 1.29 is 9.90 Å². The molecule has 5 rings (SSSR count). The molecule has 3 heterocycles. The third-order valence-electron chi connectivity index (χ3n) is 5.34. The van der Waals surface area contributed by atoms with Gasteiger partial charge in [0, 0.05) is 40.1 Å². The third kappa shape index (κ3) is 3.44. The van der Waals surface area contributed by atoms with Crippen LogP contribution in [0.5, 0.6) is 5.75 Å². The molecule has 1 aliphatic heterocycles. The van der Waals surface area contributed by atoms with Gasteiger partial charge in [-0.1, -0.05) is 41.4 Å². The Morgan fingerprint density at radius 2 is 1.84 bits per heavy atom. The molecule has 6 nitrogen and oxygen atoms in total. The van der Waals surface area contributed by atoms with Gasteiger partial charge in [0.2, 0.25) is 0 Å². The van der Waals surface area contributed by atoms with E-state index in [9.17, 15) is 9.90 Å². The van der Waals surface area contributed by atoms with Crippen molar-refractivity contribution in [2.24, 2.45) is 0 Å². The van der Waals surface area contributed by atoms with Crippen molar-refractivity contribution in [1.29, 1.82) is 0 Å². The predicted octanol–water partition coefficient (Wildman–Crippen LogP) is 5.23. The molecule has 8 heteroatoms. The Hall–Kier alpha value is -3.35. The normalized spacial score (nSPS) is 15.4. The fourth-order valence-corrected chi connectivity index (χ4v) is 4.24. The van der Waals surface area contributed by atoms with Gasteiger partial charge in [-0.05, 0) is 47.5 Å². The summed E-state index contributed by atoms with van der Waals surface area (Å²) in [7, 11) is 0. The topological polar surface area (TPSA) is 82.1 Å². The predicted molar refractivity (Wildman–Crippen MR) is 118 cm³/mol. The number of amides is 1. The van der Waals surface area contributed by atoms with E-state index in [1.165, 1.54) is 6.07 Å². The van der Waals surface area contributed by atoms with Gasteiger partial charge in [-0.25, -0.2) is 0 Å². The van der Waals surface area contributed by atoms with E-state index in [2.05, 4.69) is 15.2 Å². The van der Waals surface area contributed by atoms with Gasteiger partial charge in [0.15, 0.2) is 0 Å². The molecule has 2 aromatic carbocycles. The molecular formula is C23H16Cl2N4O2. The number of carbonyl (C=O) groups is 1. The van der Waals surface area contributed by atoms with Crippen LogP contribution in [0.15, 0.2) is 67.0 Å². The second kappa shape index (κ2) is 7.72. The number of nitrogens with zero attached hydrogens (tertiary/aromatic N) is 3. The zero-order valence-electron chi connectivity index (χ0n) is 16.1. The van der Waals surface area contributed by atoms with Crippen LogP contribution in [0, 0.1) is 0 Å². The number of phenolic OH excluding ortho intramolecular Hbond substituents is 1. The summed E-state index contributed by atoms with van der Waals surface area (Å²) in [4.78, 5) is 19.3. The Labute approximate surface area is 188 Å². The van der Waals surface area contributed by atoms with Crippen LogP contribution in [-0.4, -0.2) is 31.1 Å². The van der Waals surface area contributed by atoms with Crippen LogP contribution in [0.2, 0.25) is 10.0 Å². The summed E-state index contributed by atoms with van der Waals surface area (Å²) in [5.41, 5.74) is 3.80. The van der Waals surface area contributed by atoms with Crippen molar-refractivity contribution >= 4 is 29.1 Å². The quantitative estimate of drug-likeness (QED) is 0.445. The molecule has 0 spiro atoms. The highest BCUT2D eigenvalue weighted by Gasteiger charge is 2.42. The van der Waals surface area contributed by atoms with Crippen LogP contribution in [0.4, 0.5) is 0 Å². The summed E-state index contributed by atoms with van der Waals surface area (Å²) >= 11 is 12.3. The lowest BCUT2D eigenvalue weighted by atomic mass is 9.95. The number of benzene rings is 2. The van der Waals surface area contributed by atoms with Crippen molar-refractivity contribution in [3.05, 3.63) is 99.4 Å². The molecule has 1 aliphatic rings. The second-order valence-corrected chi connectivity index (χ2v) is 8.14. The number of aromatic amines is 1. The maximum atomic E-state index is 13.4. The molecule has 2 N–H and O–H groups in total. The fraction of sp³-hybridized carbons (Fsp3) is 0.0870. The lowest BCUT2D eigenvalue weighted by molar-refractivity contribution is 0.0730. The number of pyridine rings is 1. The van der Waals surface area contributed by atoms with Gasteiger partial charge < -0.3 is 10.0 Å². The number of carbonyl (C=O) groups excluding carboxylic acids is 1. The van der Waals surface area contributed by atoms with Crippen molar-refractivity contribution in [1.82, 2.24) is 20.1 Å². The monoisotopic (exact) mass is 450 g/mol. The maximum Gasteiger partial charge on any atom is 0.273 e. The van der Waals surface area contributed by atoms with E-state index in [0.717, 1.165) is 11.1 Å². The number of hydrogen-bond acceptors (Lipinski definition) is 4. The number of phenols is 1. The van der Waals surface area contributed by atoms with Gasteiger partial charge in [0.1, 0.15) is 17.1 Å². The molecule has 154 valence electrons. The summed E-state index contributed by atoms with van der Waals surface area (Å²) in [6.45, 7) is 0.365. The Morgan fingerprint density at radius 3 is 2.58 bits per heavy atom.